The van der Waals surface area contributed by atoms with Gasteiger partial charge < -0.3 is 10.5 Å². The van der Waals surface area contributed by atoms with Crippen molar-refractivity contribution in [2.24, 2.45) is 0 Å². The summed E-state index contributed by atoms with van der Waals surface area (Å²) in [5.41, 5.74) is 12.9. The van der Waals surface area contributed by atoms with E-state index < -0.39 is 5.41 Å². The number of hydrogen-bond acceptors (Lipinski definition) is 3. The maximum absolute atomic E-state index is 12.0. The molecular formula is C20H21NO2. The summed E-state index contributed by atoms with van der Waals surface area (Å²) in [6, 6.07) is 12.6. The normalized spacial score (nSPS) is 17.6. The molecule has 3 heteroatoms. The van der Waals surface area contributed by atoms with Crippen LogP contribution in [0.25, 0.3) is 11.1 Å². The highest BCUT2D eigenvalue weighted by molar-refractivity contribution is 5.87. The van der Waals surface area contributed by atoms with E-state index in [4.69, 9.17) is 10.5 Å². The lowest BCUT2D eigenvalue weighted by Crippen LogP contribution is -2.21. The third-order valence-corrected chi connectivity index (χ3v) is 5.40. The number of rotatable bonds is 3. The Morgan fingerprint density at radius 3 is 2.39 bits per heavy atom. The fourth-order valence-electron chi connectivity index (χ4n) is 3.90. The fourth-order valence-corrected chi connectivity index (χ4v) is 3.90. The van der Waals surface area contributed by atoms with E-state index in [0.29, 0.717) is 0 Å². The van der Waals surface area contributed by atoms with Gasteiger partial charge in [-0.25, -0.2) is 0 Å². The molecule has 3 nitrogen and oxygen atoms in total. The topological polar surface area (TPSA) is 52.3 Å². The Hall–Kier alpha value is -2.29. The molecular weight excluding hydrogens is 286 g/mol. The molecule has 1 saturated carbocycles. The van der Waals surface area contributed by atoms with Gasteiger partial charge in [-0.05, 0) is 66.0 Å². The number of benzene rings is 2. The summed E-state index contributed by atoms with van der Waals surface area (Å²) in [6.07, 6.45) is 5.13. The highest BCUT2D eigenvalue weighted by atomic mass is 16.5. The summed E-state index contributed by atoms with van der Waals surface area (Å²) in [4.78, 5) is 12.0. The van der Waals surface area contributed by atoms with Crippen molar-refractivity contribution in [2.75, 3.05) is 12.8 Å². The largest absolute Gasteiger partial charge is 0.468 e. The van der Waals surface area contributed by atoms with Crippen LogP contribution in [-0.4, -0.2) is 13.1 Å². The van der Waals surface area contributed by atoms with Gasteiger partial charge in [0.25, 0.3) is 0 Å². The second-order valence-corrected chi connectivity index (χ2v) is 6.66. The number of nitrogen functional groups attached to an aromatic ring is 1. The van der Waals surface area contributed by atoms with Crippen molar-refractivity contribution < 1.29 is 9.53 Å². The summed E-state index contributed by atoms with van der Waals surface area (Å²) >= 11 is 0. The fraction of sp³-hybridized carbons (Fsp3) is 0.350. The summed E-state index contributed by atoms with van der Waals surface area (Å²) in [5.74, 6) is -0.112. The van der Waals surface area contributed by atoms with Gasteiger partial charge >= 0.3 is 5.97 Å². The van der Waals surface area contributed by atoms with Gasteiger partial charge in [0.05, 0.1) is 12.5 Å². The van der Waals surface area contributed by atoms with Crippen LogP contribution in [0, 0.1) is 0 Å². The van der Waals surface area contributed by atoms with E-state index >= 15 is 0 Å². The number of methoxy groups -OCH3 is 1. The summed E-state index contributed by atoms with van der Waals surface area (Å²) in [6.45, 7) is 0. The minimum Gasteiger partial charge on any atom is -0.468 e. The quantitative estimate of drug-likeness (QED) is 0.696. The van der Waals surface area contributed by atoms with Gasteiger partial charge in [-0.1, -0.05) is 30.3 Å². The minimum atomic E-state index is -0.393. The number of carbonyl (C=O) groups excluding carboxylic acids is 1. The van der Waals surface area contributed by atoms with Crippen LogP contribution in [0.3, 0.4) is 0 Å². The molecule has 0 radical (unpaired) electrons. The van der Waals surface area contributed by atoms with Crippen LogP contribution < -0.4 is 5.73 Å². The summed E-state index contributed by atoms with van der Waals surface area (Å²) in [5, 5.41) is 0. The van der Waals surface area contributed by atoms with E-state index in [0.717, 1.165) is 36.9 Å². The molecule has 2 aromatic rings. The average Bonchev–Trinajstić information content (AvgIpc) is 3.24. The predicted octanol–water partition coefficient (Wildman–Crippen LogP) is 3.63. The van der Waals surface area contributed by atoms with Gasteiger partial charge in [0.1, 0.15) is 0 Å². The van der Waals surface area contributed by atoms with Crippen LogP contribution in [0.15, 0.2) is 36.4 Å². The molecule has 2 N–H and O–H groups in total. The molecule has 0 aliphatic heterocycles. The van der Waals surface area contributed by atoms with E-state index in [2.05, 4.69) is 30.3 Å². The van der Waals surface area contributed by atoms with E-state index in [9.17, 15) is 4.79 Å². The van der Waals surface area contributed by atoms with Crippen molar-refractivity contribution in [3.63, 3.8) is 0 Å². The maximum Gasteiger partial charge on any atom is 0.316 e. The Labute approximate surface area is 136 Å². The lowest BCUT2D eigenvalue weighted by atomic mass is 9.91. The van der Waals surface area contributed by atoms with Gasteiger partial charge in [0.15, 0.2) is 0 Å². The van der Waals surface area contributed by atoms with Crippen molar-refractivity contribution in [3.8, 4) is 11.1 Å². The Balaban J connectivity index is 1.70. The average molecular weight is 307 g/mol. The van der Waals surface area contributed by atoms with Crippen LogP contribution in [0.4, 0.5) is 5.69 Å². The third kappa shape index (κ3) is 2.14. The predicted molar refractivity (Wildman–Crippen MR) is 91.2 cm³/mol. The van der Waals surface area contributed by atoms with Crippen LogP contribution in [0.2, 0.25) is 0 Å². The number of hydrogen-bond donors (Lipinski definition) is 1. The first-order valence-electron chi connectivity index (χ1n) is 8.25. The highest BCUT2D eigenvalue weighted by Gasteiger charge is 2.52. The molecule has 0 amide bonds. The van der Waals surface area contributed by atoms with E-state index in [-0.39, 0.29) is 5.97 Å². The first-order chi connectivity index (χ1) is 11.2. The van der Waals surface area contributed by atoms with Crippen molar-refractivity contribution >= 4 is 11.7 Å². The van der Waals surface area contributed by atoms with Gasteiger partial charge in [0, 0.05) is 5.69 Å². The molecule has 0 aromatic heterocycles. The standard InChI is InChI=1S/C20H21NO2/c1-23-19(22)20(11-12-20)14-7-5-13(6-8-14)15-9-10-18(21)17-4-2-3-16(15)17/h5-10H,2-4,11-12,21H2,1H3. The zero-order chi connectivity index (χ0) is 16.0. The monoisotopic (exact) mass is 307 g/mol. The van der Waals surface area contributed by atoms with Crippen molar-refractivity contribution in [1.29, 1.82) is 0 Å². The van der Waals surface area contributed by atoms with Crippen LogP contribution in [-0.2, 0) is 27.8 Å². The molecule has 2 aromatic carbocycles. The Bertz CT molecular complexity index is 773. The molecule has 0 atom stereocenters. The van der Waals surface area contributed by atoms with Crippen molar-refractivity contribution in [2.45, 2.75) is 37.5 Å². The lowest BCUT2D eigenvalue weighted by Gasteiger charge is -2.15. The van der Waals surface area contributed by atoms with Gasteiger partial charge in [-0.2, -0.15) is 0 Å². The molecule has 0 heterocycles. The highest BCUT2D eigenvalue weighted by Crippen LogP contribution is 2.49. The van der Waals surface area contributed by atoms with Crippen molar-refractivity contribution in [3.05, 3.63) is 53.1 Å². The van der Waals surface area contributed by atoms with Crippen molar-refractivity contribution in [1.82, 2.24) is 0 Å². The molecule has 2 aliphatic carbocycles. The molecule has 0 unspecified atom stereocenters. The Morgan fingerprint density at radius 2 is 1.74 bits per heavy atom. The van der Waals surface area contributed by atoms with E-state index in [1.54, 1.807) is 0 Å². The first-order valence-corrected chi connectivity index (χ1v) is 8.25. The molecule has 0 bridgehead atoms. The molecule has 118 valence electrons. The van der Waals surface area contributed by atoms with E-state index in [1.807, 2.05) is 6.07 Å². The maximum atomic E-state index is 12.0. The Morgan fingerprint density at radius 1 is 1.04 bits per heavy atom. The van der Waals surface area contributed by atoms with Gasteiger partial charge in [0.2, 0.25) is 0 Å². The SMILES string of the molecule is COC(=O)C1(c2ccc(-c3ccc(N)c4c3CCC4)cc2)CC1. The van der Waals surface area contributed by atoms with Crippen LogP contribution in [0.5, 0.6) is 0 Å². The minimum absolute atomic E-state index is 0.112. The summed E-state index contributed by atoms with van der Waals surface area (Å²) < 4.78 is 4.97. The zero-order valence-electron chi connectivity index (χ0n) is 13.4. The zero-order valence-corrected chi connectivity index (χ0v) is 13.4. The smallest absolute Gasteiger partial charge is 0.316 e. The third-order valence-electron chi connectivity index (χ3n) is 5.40. The van der Waals surface area contributed by atoms with Crippen LogP contribution in [0.1, 0.15) is 36.0 Å². The molecule has 2 aliphatic rings. The first kappa shape index (κ1) is 14.3. The van der Waals surface area contributed by atoms with Gasteiger partial charge in [-0.3, -0.25) is 4.79 Å². The second kappa shape index (κ2) is 5.12. The number of nitrogens with two attached hydrogens (primary N) is 1. The molecule has 1 fully saturated rings. The van der Waals surface area contributed by atoms with Gasteiger partial charge in [-0.15, -0.1) is 0 Å². The van der Waals surface area contributed by atoms with Crippen LogP contribution >= 0.6 is 0 Å². The molecule has 23 heavy (non-hydrogen) atoms. The number of fused-ring (bicyclic) bond motifs is 1. The Kier molecular flexibility index (Phi) is 3.19. The second-order valence-electron chi connectivity index (χ2n) is 6.66. The molecule has 0 saturated heterocycles. The number of anilines is 1. The number of ether oxygens (including phenoxy) is 1. The number of esters is 1. The molecule has 0 spiro atoms. The molecule has 4 rings (SSSR count). The van der Waals surface area contributed by atoms with E-state index in [1.165, 1.54) is 35.8 Å². The lowest BCUT2D eigenvalue weighted by molar-refractivity contribution is -0.143. The summed E-state index contributed by atoms with van der Waals surface area (Å²) in [7, 11) is 1.47. The number of carbonyl (C=O) groups is 1.